The third kappa shape index (κ3) is 4.51. The Morgan fingerprint density at radius 2 is 1.79 bits per heavy atom. The van der Waals surface area contributed by atoms with Crippen LogP contribution < -0.4 is 9.47 Å². The van der Waals surface area contributed by atoms with Gasteiger partial charge < -0.3 is 9.47 Å². The molecular weight excluding hydrogens is 391 g/mol. The van der Waals surface area contributed by atoms with Crippen LogP contribution in [0.5, 0.6) is 11.5 Å². The van der Waals surface area contributed by atoms with Gasteiger partial charge in [-0.1, -0.05) is 40.9 Å². The number of hydrogen-bond acceptors (Lipinski definition) is 4. The smallest absolute Gasteiger partial charge is 0.179 e. The predicted octanol–water partition coefficient (Wildman–Crippen LogP) is 5.78. The summed E-state index contributed by atoms with van der Waals surface area (Å²) < 4.78 is 10.5. The van der Waals surface area contributed by atoms with E-state index in [0.717, 1.165) is 5.56 Å². The van der Waals surface area contributed by atoms with Crippen molar-refractivity contribution >= 4 is 52.3 Å². The number of ketones is 1. The van der Waals surface area contributed by atoms with Crippen molar-refractivity contribution in [3.8, 4) is 11.5 Å². The number of ether oxygens (including phenoxy) is 2. The van der Waals surface area contributed by atoms with Crippen molar-refractivity contribution in [3.63, 3.8) is 0 Å². The van der Waals surface area contributed by atoms with E-state index < -0.39 is 0 Å². The summed E-state index contributed by atoms with van der Waals surface area (Å²) in [6, 6.07) is 8.52. The van der Waals surface area contributed by atoms with Gasteiger partial charge in [-0.2, -0.15) is 0 Å². The minimum Gasteiger partial charge on any atom is -0.493 e. The van der Waals surface area contributed by atoms with E-state index in [-0.39, 0.29) is 5.78 Å². The van der Waals surface area contributed by atoms with E-state index in [9.17, 15) is 4.79 Å². The molecule has 0 N–H and O–H groups in total. The average molecular weight is 406 g/mol. The Bertz CT molecular complexity index is 750. The molecule has 0 fully saturated rings. The van der Waals surface area contributed by atoms with Crippen LogP contribution in [0.4, 0.5) is 0 Å². The molecule has 0 aliphatic heterocycles. The predicted molar refractivity (Wildman–Crippen MR) is 102 cm³/mol. The summed E-state index contributed by atoms with van der Waals surface area (Å²) in [5.74, 6) is 1.93. The standard InChI is InChI=1S/C17H15Cl3O3S/c1-22-15-6-4-11(16(20)17(15)23-2)8-24-9-14(21)10-3-5-12(18)13(19)7-10/h3-7H,8-9H2,1-2H3. The zero-order chi connectivity index (χ0) is 17.7. The van der Waals surface area contributed by atoms with Crippen LogP contribution in [0.15, 0.2) is 30.3 Å². The van der Waals surface area contributed by atoms with E-state index in [4.69, 9.17) is 44.3 Å². The lowest BCUT2D eigenvalue weighted by Crippen LogP contribution is -2.03. The Labute approximate surface area is 160 Å². The van der Waals surface area contributed by atoms with Gasteiger partial charge in [0.05, 0.1) is 35.0 Å². The first kappa shape index (κ1) is 19.3. The fourth-order valence-electron chi connectivity index (χ4n) is 2.05. The van der Waals surface area contributed by atoms with Crippen LogP contribution in [0.2, 0.25) is 15.1 Å². The first-order valence-electron chi connectivity index (χ1n) is 6.93. The number of benzene rings is 2. The van der Waals surface area contributed by atoms with Crippen LogP contribution in [-0.2, 0) is 5.75 Å². The van der Waals surface area contributed by atoms with Crippen molar-refractivity contribution < 1.29 is 14.3 Å². The quantitative estimate of drug-likeness (QED) is 0.547. The number of rotatable bonds is 7. The second kappa shape index (κ2) is 8.86. The Hall–Kier alpha value is -1.07. The average Bonchev–Trinajstić information content (AvgIpc) is 2.58. The normalized spacial score (nSPS) is 10.5. The van der Waals surface area contributed by atoms with E-state index in [2.05, 4.69) is 0 Å². The van der Waals surface area contributed by atoms with E-state index in [1.807, 2.05) is 6.07 Å². The van der Waals surface area contributed by atoms with Crippen molar-refractivity contribution in [2.45, 2.75) is 5.75 Å². The lowest BCUT2D eigenvalue weighted by molar-refractivity contribution is 0.102. The second-order valence-corrected chi connectivity index (χ2v) is 7.00. The van der Waals surface area contributed by atoms with Gasteiger partial charge in [-0.25, -0.2) is 0 Å². The summed E-state index contributed by atoms with van der Waals surface area (Å²) in [5, 5.41) is 1.29. The van der Waals surface area contributed by atoms with Gasteiger partial charge >= 0.3 is 0 Å². The molecule has 0 amide bonds. The maximum Gasteiger partial charge on any atom is 0.179 e. The number of carbonyl (C=O) groups excluding carboxylic acids is 1. The largest absolute Gasteiger partial charge is 0.493 e. The second-order valence-electron chi connectivity index (χ2n) is 4.82. The SMILES string of the molecule is COc1ccc(CSCC(=O)c2ccc(Cl)c(Cl)c2)c(Cl)c1OC. The molecule has 0 unspecified atom stereocenters. The number of methoxy groups -OCH3 is 2. The molecule has 0 aromatic heterocycles. The number of hydrogen-bond donors (Lipinski definition) is 0. The highest BCUT2D eigenvalue weighted by Gasteiger charge is 2.14. The molecule has 0 atom stereocenters. The monoisotopic (exact) mass is 404 g/mol. The molecule has 0 spiro atoms. The molecule has 2 aromatic carbocycles. The Balaban J connectivity index is 2.01. The molecule has 0 bridgehead atoms. The van der Waals surface area contributed by atoms with Gasteiger partial charge in [-0.05, 0) is 29.8 Å². The third-order valence-electron chi connectivity index (χ3n) is 3.30. The highest BCUT2D eigenvalue weighted by Crippen LogP contribution is 2.38. The minimum atomic E-state index is -0.0184. The van der Waals surface area contributed by atoms with Gasteiger partial charge in [0.2, 0.25) is 0 Å². The zero-order valence-corrected chi connectivity index (χ0v) is 16.2. The molecular formula is C17H15Cl3O3S. The van der Waals surface area contributed by atoms with Gasteiger partial charge in [0.25, 0.3) is 0 Å². The minimum absolute atomic E-state index is 0.0184. The highest BCUT2D eigenvalue weighted by atomic mass is 35.5. The maximum absolute atomic E-state index is 12.2. The first-order valence-corrected chi connectivity index (χ1v) is 9.22. The summed E-state index contributed by atoms with van der Waals surface area (Å²) in [5.41, 5.74) is 1.41. The van der Waals surface area contributed by atoms with Crippen molar-refractivity contribution in [3.05, 3.63) is 56.5 Å². The molecule has 128 valence electrons. The Morgan fingerprint density at radius 1 is 1.04 bits per heavy atom. The summed E-state index contributed by atoms with van der Waals surface area (Å²) in [6.07, 6.45) is 0. The van der Waals surface area contributed by atoms with Crippen LogP contribution in [0.1, 0.15) is 15.9 Å². The summed E-state index contributed by atoms with van der Waals surface area (Å²) in [7, 11) is 3.09. The van der Waals surface area contributed by atoms with Crippen molar-refractivity contribution in [2.75, 3.05) is 20.0 Å². The molecule has 0 radical (unpaired) electrons. The molecule has 7 heteroatoms. The van der Waals surface area contributed by atoms with E-state index in [1.165, 1.54) is 18.9 Å². The van der Waals surface area contributed by atoms with Crippen molar-refractivity contribution in [2.24, 2.45) is 0 Å². The Kier molecular flexibility index (Phi) is 7.11. The molecule has 0 aliphatic rings. The van der Waals surface area contributed by atoms with E-state index >= 15 is 0 Å². The number of thioether (sulfide) groups is 1. The van der Waals surface area contributed by atoms with Crippen LogP contribution in [0, 0.1) is 0 Å². The van der Waals surface area contributed by atoms with Gasteiger partial charge in [0.1, 0.15) is 0 Å². The molecule has 0 heterocycles. The lowest BCUT2D eigenvalue weighted by Gasteiger charge is -2.12. The van der Waals surface area contributed by atoms with Crippen molar-refractivity contribution in [1.29, 1.82) is 0 Å². The van der Waals surface area contributed by atoms with E-state index in [0.29, 0.717) is 43.6 Å². The molecule has 2 aromatic rings. The van der Waals surface area contributed by atoms with Gasteiger partial charge in [-0.3, -0.25) is 4.79 Å². The van der Waals surface area contributed by atoms with Crippen LogP contribution >= 0.6 is 46.6 Å². The van der Waals surface area contributed by atoms with Crippen molar-refractivity contribution in [1.82, 2.24) is 0 Å². The number of carbonyl (C=O) groups is 1. The summed E-state index contributed by atoms with van der Waals surface area (Å²) >= 11 is 19.6. The van der Waals surface area contributed by atoms with Gasteiger partial charge in [0.15, 0.2) is 17.3 Å². The fourth-order valence-corrected chi connectivity index (χ4v) is 3.64. The maximum atomic E-state index is 12.2. The van der Waals surface area contributed by atoms with Crippen LogP contribution in [-0.4, -0.2) is 25.8 Å². The van der Waals surface area contributed by atoms with Gasteiger partial charge in [0, 0.05) is 11.3 Å². The topological polar surface area (TPSA) is 35.5 Å². The first-order chi connectivity index (χ1) is 11.5. The van der Waals surface area contributed by atoms with E-state index in [1.54, 1.807) is 31.4 Å². The molecule has 0 saturated heterocycles. The molecule has 2 rings (SSSR count). The molecule has 0 saturated carbocycles. The zero-order valence-electron chi connectivity index (χ0n) is 13.1. The Morgan fingerprint density at radius 3 is 2.42 bits per heavy atom. The molecule has 3 nitrogen and oxygen atoms in total. The highest BCUT2D eigenvalue weighted by molar-refractivity contribution is 7.99. The third-order valence-corrected chi connectivity index (χ3v) is 5.43. The number of Topliss-reactive ketones (excluding diaryl/α,β-unsaturated/α-hetero) is 1. The van der Waals surface area contributed by atoms with Crippen LogP contribution in [0.25, 0.3) is 0 Å². The van der Waals surface area contributed by atoms with Gasteiger partial charge in [-0.15, -0.1) is 11.8 Å². The summed E-state index contributed by atoms with van der Waals surface area (Å²) in [6.45, 7) is 0. The fraction of sp³-hybridized carbons (Fsp3) is 0.235. The summed E-state index contributed by atoms with van der Waals surface area (Å²) in [4.78, 5) is 12.2. The lowest BCUT2D eigenvalue weighted by atomic mass is 10.1. The molecule has 24 heavy (non-hydrogen) atoms. The van der Waals surface area contributed by atoms with Crippen LogP contribution in [0.3, 0.4) is 0 Å². The molecule has 0 aliphatic carbocycles. The number of halogens is 3.